The summed E-state index contributed by atoms with van der Waals surface area (Å²) in [5, 5.41) is 12.4. The number of rotatable bonds is 7. The minimum absolute atomic E-state index is 0.0195. The second-order valence-corrected chi connectivity index (χ2v) is 5.82. The molecule has 0 radical (unpaired) electrons. The largest absolute Gasteiger partial charge is 0.482 e. The number of para-hydroxylation sites is 1. The monoisotopic (exact) mass is 341 g/mol. The predicted molar refractivity (Wildman–Crippen MR) is 84.6 cm³/mol. The Bertz CT molecular complexity index is 545. The highest BCUT2D eigenvalue weighted by molar-refractivity contribution is 6.32. The van der Waals surface area contributed by atoms with Gasteiger partial charge >= 0.3 is 5.97 Å². The van der Waals surface area contributed by atoms with Gasteiger partial charge in [-0.25, -0.2) is 0 Å². The van der Waals surface area contributed by atoms with Gasteiger partial charge in [-0.3, -0.25) is 9.59 Å². The highest BCUT2D eigenvalue weighted by Gasteiger charge is 2.30. The molecule has 0 bridgehead atoms. The lowest BCUT2D eigenvalue weighted by atomic mass is 9.86. The lowest BCUT2D eigenvalue weighted by Crippen LogP contribution is -2.40. The van der Waals surface area contributed by atoms with E-state index in [4.69, 9.17) is 21.1 Å². The zero-order valence-corrected chi connectivity index (χ0v) is 13.4. The number of ether oxygens (including phenoxy) is 2. The number of benzene rings is 1. The summed E-state index contributed by atoms with van der Waals surface area (Å²) in [5.41, 5.74) is 0. The Morgan fingerprint density at radius 2 is 2.04 bits per heavy atom. The maximum Gasteiger partial charge on any atom is 0.308 e. The molecule has 1 atom stereocenters. The van der Waals surface area contributed by atoms with Crippen LogP contribution in [0.2, 0.25) is 5.02 Å². The van der Waals surface area contributed by atoms with Crippen LogP contribution in [0.5, 0.6) is 5.75 Å². The van der Waals surface area contributed by atoms with Crippen LogP contribution >= 0.6 is 11.6 Å². The fourth-order valence-electron chi connectivity index (χ4n) is 2.55. The Labute approximate surface area is 139 Å². The number of carboxylic acid groups (broad SMARTS) is 1. The number of nitrogens with one attached hydrogen (secondary N) is 1. The summed E-state index contributed by atoms with van der Waals surface area (Å²) in [7, 11) is 0. The Hall–Kier alpha value is -1.79. The first-order valence-corrected chi connectivity index (χ1v) is 7.90. The molecule has 6 nitrogen and oxygen atoms in total. The van der Waals surface area contributed by atoms with E-state index in [9.17, 15) is 14.7 Å². The molecule has 0 aromatic heterocycles. The van der Waals surface area contributed by atoms with Gasteiger partial charge in [-0.1, -0.05) is 23.7 Å². The van der Waals surface area contributed by atoms with Crippen LogP contribution < -0.4 is 10.1 Å². The van der Waals surface area contributed by atoms with Crippen molar-refractivity contribution in [2.75, 3.05) is 26.4 Å². The van der Waals surface area contributed by atoms with Gasteiger partial charge in [-0.15, -0.1) is 0 Å². The predicted octanol–water partition coefficient (Wildman–Crippen LogP) is 1.96. The standard InChI is InChI=1S/C16H20ClNO5/c17-13-3-1-2-4-14(13)23-10-15(19)18-9-12(16(20)21)11-5-7-22-8-6-11/h1-4,11-12H,5-10H2,(H,18,19)(H,20,21). The van der Waals surface area contributed by atoms with Crippen LogP contribution in [0.1, 0.15) is 12.8 Å². The summed E-state index contributed by atoms with van der Waals surface area (Å²) in [5.74, 6) is -1.44. The van der Waals surface area contributed by atoms with Crippen molar-refractivity contribution in [2.24, 2.45) is 11.8 Å². The quantitative estimate of drug-likeness (QED) is 0.792. The summed E-state index contributed by atoms with van der Waals surface area (Å²) in [4.78, 5) is 23.2. The second kappa shape index (κ2) is 8.74. The van der Waals surface area contributed by atoms with Crippen LogP contribution in [-0.4, -0.2) is 43.3 Å². The Morgan fingerprint density at radius 3 is 2.70 bits per heavy atom. The summed E-state index contributed by atoms with van der Waals surface area (Å²) in [6, 6.07) is 6.85. The first-order chi connectivity index (χ1) is 11.1. The molecular formula is C16H20ClNO5. The molecule has 1 unspecified atom stereocenters. The third-order valence-corrected chi connectivity index (χ3v) is 4.18. The van der Waals surface area contributed by atoms with Gasteiger partial charge in [0.15, 0.2) is 6.61 Å². The van der Waals surface area contributed by atoms with Crippen molar-refractivity contribution in [3.63, 3.8) is 0 Å². The van der Waals surface area contributed by atoms with Gasteiger partial charge in [0, 0.05) is 19.8 Å². The van der Waals surface area contributed by atoms with E-state index in [0.717, 1.165) is 0 Å². The van der Waals surface area contributed by atoms with E-state index in [1.165, 1.54) is 0 Å². The molecule has 23 heavy (non-hydrogen) atoms. The lowest BCUT2D eigenvalue weighted by molar-refractivity contribution is -0.145. The lowest BCUT2D eigenvalue weighted by Gasteiger charge is -2.27. The molecule has 0 spiro atoms. The van der Waals surface area contributed by atoms with Crippen molar-refractivity contribution in [1.82, 2.24) is 5.32 Å². The fourth-order valence-corrected chi connectivity index (χ4v) is 2.74. The van der Waals surface area contributed by atoms with Crippen molar-refractivity contribution < 1.29 is 24.2 Å². The van der Waals surface area contributed by atoms with Gasteiger partial charge in [0.1, 0.15) is 5.75 Å². The van der Waals surface area contributed by atoms with Crippen LogP contribution in [0.4, 0.5) is 0 Å². The van der Waals surface area contributed by atoms with Crippen LogP contribution in [0.3, 0.4) is 0 Å². The number of carbonyl (C=O) groups is 2. The molecule has 1 fully saturated rings. The van der Waals surface area contributed by atoms with Crippen molar-refractivity contribution in [2.45, 2.75) is 12.8 Å². The summed E-state index contributed by atoms with van der Waals surface area (Å²) >= 11 is 5.93. The SMILES string of the molecule is O=C(COc1ccccc1Cl)NCC(C(=O)O)C1CCOCC1. The topological polar surface area (TPSA) is 84.9 Å². The number of carbonyl (C=O) groups excluding carboxylic acids is 1. The molecular weight excluding hydrogens is 322 g/mol. The molecule has 1 saturated heterocycles. The van der Waals surface area contributed by atoms with Crippen molar-refractivity contribution >= 4 is 23.5 Å². The van der Waals surface area contributed by atoms with Gasteiger partial charge in [-0.05, 0) is 30.9 Å². The van der Waals surface area contributed by atoms with E-state index in [2.05, 4.69) is 5.32 Å². The summed E-state index contributed by atoms with van der Waals surface area (Å²) in [6.45, 7) is 1.02. The van der Waals surface area contributed by atoms with Gasteiger partial charge < -0.3 is 19.9 Å². The molecule has 1 aromatic carbocycles. The molecule has 126 valence electrons. The molecule has 1 aliphatic rings. The zero-order valence-electron chi connectivity index (χ0n) is 12.7. The Morgan fingerprint density at radius 1 is 1.35 bits per heavy atom. The van der Waals surface area contributed by atoms with Gasteiger partial charge in [0.05, 0.1) is 10.9 Å². The average molecular weight is 342 g/mol. The molecule has 1 heterocycles. The third kappa shape index (κ3) is 5.41. The molecule has 0 aliphatic carbocycles. The van der Waals surface area contributed by atoms with E-state index < -0.39 is 11.9 Å². The van der Waals surface area contributed by atoms with Crippen molar-refractivity contribution in [3.8, 4) is 5.75 Å². The highest BCUT2D eigenvalue weighted by Crippen LogP contribution is 2.24. The molecule has 1 amide bonds. The van der Waals surface area contributed by atoms with E-state index in [1.54, 1.807) is 24.3 Å². The van der Waals surface area contributed by atoms with Crippen LogP contribution in [-0.2, 0) is 14.3 Å². The first kappa shape index (κ1) is 17.6. The number of carboxylic acids is 1. The molecule has 2 N–H and O–H groups in total. The first-order valence-electron chi connectivity index (χ1n) is 7.52. The fraction of sp³-hybridized carbons (Fsp3) is 0.500. The maximum absolute atomic E-state index is 11.8. The van der Waals surface area contributed by atoms with Crippen LogP contribution in [0, 0.1) is 11.8 Å². The minimum atomic E-state index is -0.899. The minimum Gasteiger partial charge on any atom is -0.482 e. The number of halogens is 1. The molecule has 1 aliphatic heterocycles. The number of hydrogen-bond donors (Lipinski definition) is 2. The number of aliphatic carboxylic acids is 1. The second-order valence-electron chi connectivity index (χ2n) is 5.42. The average Bonchev–Trinajstić information content (AvgIpc) is 2.55. The van der Waals surface area contributed by atoms with Crippen molar-refractivity contribution in [3.05, 3.63) is 29.3 Å². The number of hydrogen-bond acceptors (Lipinski definition) is 4. The van der Waals surface area contributed by atoms with E-state index in [1.807, 2.05) is 0 Å². The van der Waals surface area contributed by atoms with Crippen molar-refractivity contribution in [1.29, 1.82) is 0 Å². The third-order valence-electron chi connectivity index (χ3n) is 3.87. The molecule has 0 saturated carbocycles. The van der Waals surface area contributed by atoms with Gasteiger partial charge in [0.25, 0.3) is 5.91 Å². The maximum atomic E-state index is 11.8. The Kier molecular flexibility index (Phi) is 6.67. The molecule has 7 heteroatoms. The van der Waals surface area contributed by atoms with Gasteiger partial charge in [0.2, 0.25) is 0 Å². The highest BCUT2D eigenvalue weighted by atomic mass is 35.5. The van der Waals surface area contributed by atoms with Gasteiger partial charge in [-0.2, -0.15) is 0 Å². The Balaban J connectivity index is 1.79. The summed E-state index contributed by atoms with van der Waals surface area (Å²) in [6.07, 6.45) is 1.39. The zero-order chi connectivity index (χ0) is 16.7. The number of amides is 1. The van der Waals surface area contributed by atoms with E-state index in [-0.39, 0.29) is 25.0 Å². The van der Waals surface area contributed by atoms with Crippen LogP contribution in [0.15, 0.2) is 24.3 Å². The normalized spacial score (nSPS) is 16.6. The smallest absolute Gasteiger partial charge is 0.308 e. The van der Waals surface area contributed by atoms with Crippen LogP contribution in [0.25, 0.3) is 0 Å². The molecule has 2 rings (SSSR count). The van der Waals surface area contributed by atoms with E-state index in [0.29, 0.717) is 36.8 Å². The summed E-state index contributed by atoms with van der Waals surface area (Å²) < 4.78 is 10.6. The van der Waals surface area contributed by atoms with E-state index >= 15 is 0 Å². The molecule has 1 aromatic rings.